The molecular weight excluding hydrogens is 1300 g/mol. The van der Waals surface area contributed by atoms with Gasteiger partial charge in [0.2, 0.25) is 0 Å². The van der Waals surface area contributed by atoms with E-state index in [2.05, 4.69) is 10.2 Å². The number of hydrogen-bond donors (Lipinski definition) is 1. The maximum atomic E-state index is 15.7. The van der Waals surface area contributed by atoms with Gasteiger partial charge in [-0.25, -0.2) is 105 Å². The lowest BCUT2D eigenvalue weighted by atomic mass is 10.1. The molecule has 0 atom stereocenters. The lowest BCUT2D eigenvalue weighted by molar-refractivity contribution is 0.274. The summed E-state index contributed by atoms with van der Waals surface area (Å²) in [6.45, 7) is -9.34. The molecule has 1 aromatic heterocycles. The van der Waals surface area contributed by atoms with Crippen LogP contribution in [-0.2, 0) is 13.1 Å². The summed E-state index contributed by atoms with van der Waals surface area (Å²) in [6, 6.07) is 2.41. The van der Waals surface area contributed by atoms with Crippen LogP contribution in [0.4, 0.5) is 151 Å². The fourth-order valence-corrected chi connectivity index (χ4v) is 10.2. The van der Waals surface area contributed by atoms with Crippen LogP contribution < -0.4 is 19.6 Å². The van der Waals surface area contributed by atoms with Crippen LogP contribution in [0.25, 0.3) is 0 Å². The predicted octanol–water partition coefficient (Wildman–Crippen LogP) is 16.7. The number of rotatable bonds is 24. The SMILES string of the molecule is Fc1cc(F)c(N(CCN(CCN(c2c(F)cc(F)cc2F)c2c(F)cc(F)cc2F)Cc2cc(CN(CCN(c3c(F)cc(F)cc3F)c3c(F)cc(F)cc3F)CCN(c3c(F)cc(F)cc3F)c3c(F)cc(F)cc3F)[nH]n2)c2c(F)cc(F)cc2F)c(F)c1. The number of halogens is 24. The van der Waals surface area contributed by atoms with Crippen LogP contribution >= 0.6 is 0 Å². The summed E-state index contributed by atoms with van der Waals surface area (Å²) in [5.74, 6) is -41.4. The van der Waals surface area contributed by atoms with Gasteiger partial charge in [-0.3, -0.25) is 14.9 Å². The van der Waals surface area contributed by atoms with E-state index in [4.69, 9.17) is 0 Å². The van der Waals surface area contributed by atoms with E-state index < -0.39 is 251 Å². The predicted molar refractivity (Wildman–Crippen MR) is 288 cm³/mol. The van der Waals surface area contributed by atoms with Gasteiger partial charge in [0.15, 0.2) is 93.1 Å². The molecule has 93 heavy (non-hydrogen) atoms. The smallest absolute Gasteiger partial charge is 0.152 e. The minimum Gasteiger partial charge on any atom is -0.331 e. The van der Waals surface area contributed by atoms with Crippen molar-refractivity contribution in [1.29, 1.82) is 0 Å². The van der Waals surface area contributed by atoms with E-state index in [9.17, 15) is 35.1 Å². The molecule has 0 unspecified atom stereocenters. The van der Waals surface area contributed by atoms with Crippen molar-refractivity contribution in [2.45, 2.75) is 13.1 Å². The van der Waals surface area contributed by atoms with E-state index in [1.165, 1.54) is 0 Å². The highest BCUT2D eigenvalue weighted by Gasteiger charge is 2.33. The number of aromatic nitrogens is 2. The van der Waals surface area contributed by atoms with Crippen LogP contribution in [0.2, 0.25) is 0 Å². The number of hydrogen-bond acceptors (Lipinski definition) is 7. The molecule has 490 valence electrons. The molecule has 0 aliphatic rings. The topological polar surface area (TPSA) is 48.1 Å². The summed E-state index contributed by atoms with van der Waals surface area (Å²) in [5, 5.41) is 6.63. The minimum absolute atomic E-state index is 0.0824. The van der Waals surface area contributed by atoms with Crippen molar-refractivity contribution in [2.24, 2.45) is 0 Å². The number of nitrogens with one attached hydrogen (secondary N) is 1. The number of anilines is 8. The van der Waals surface area contributed by atoms with Crippen molar-refractivity contribution in [1.82, 2.24) is 20.0 Å². The Morgan fingerprint density at radius 1 is 0.215 bits per heavy atom. The van der Waals surface area contributed by atoms with E-state index >= 15 is 70.2 Å². The molecule has 0 saturated heterocycles. The molecule has 8 nitrogen and oxygen atoms in total. The van der Waals surface area contributed by atoms with Gasteiger partial charge < -0.3 is 19.6 Å². The first-order chi connectivity index (χ1) is 44.0. The van der Waals surface area contributed by atoms with E-state index in [0.717, 1.165) is 15.9 Å². The minimum atomic E-state index is -1.81. The Morgan fingerprint density at radius 3 is 0.548 bits per heavy atom. The first-order valence-corrected chi connectivity index (χ1v) is 26.7. The van der Waals surface area contributed by atoms with E-state index in [1.54, 1.807) is 0 Å². The molecule has 9 aromatic rings. The largest absolute Gasteiger partial charge is 0.331 e. The normalized spacial score (nSPS) is 11.6. The second-order valence-electron chi connectivity index (χ2n) is 20.3. The fourth-order valence-electron chi connectivity index (χ4n) is 10.2. The molecule has 0 aliphatic carbocycles. The number of H-pyrrole nitrogens is 1. The monoisotopic (exact) mass is 1340 g/mol. The zero-order valence-electron chi connectivity index (χ0n) is 46.6. The maximum absolute atomic E-state index is 15.7. The lowest BCUT2D eigenvalue weighted by Crippen LogP contribution is -2.39. The van der Waals surface area contributed by atoms with E-state index in [1.807, 2.05) is 0 Å². The molecule has 0 bridgehead atoms. The van der Waals surface area contributed by atoms with Gasteiger partial charge in [0.05, 0.1) is 5.69 Å². The van der Waals surface area contributed by atoms with Crippen molar-refractivity contribution in [2.75, 3.05) is 72.0 Å². The Morgan fingerprint density at radius 2 is 0.376 bits per heavy atom. The van der Waals surface area contributed by atoms with Gasteiger partial charge in [0.1, 0.15) is 92.0 Å². The van der Waals surface area contributed by atoms with E-state index in [-0.39, 0.29) is 128 Å². The number of benzene rings is 8. The molecule has 0 saturated carbocycles. The third-order valence-electron chi connectivity index (χ3n) is 14.0. The Labute approximate surface area is 508 Å². The van der Waals surface area contributed by atoms with Gasteiger partial charge in [0, 0.05) is 168 Å². The van der Waals surface area contributed by atoms with Crippen molar-refractivity contribution < 1.29 is 105 Å². The van der Waals surface area contributed by atoms with Crippen LogP contribution in [0.1, 0.15) is 11.4 Å². The summed E-state index contributed by atoms with van der Waals surface area (Å²) < 4.78 is 365. The van der Waals surface area contributed by atoms with Crippen LogP contribution in [0.15, 0.2) is 103 Å². The average Bonchev–Trinajstić information content (AvgIpc) is 0.878. The summed E-state index contributed by atoms with van der Waals surface area (Å²) in [6.07, 6.45) is 0. The maximum Gasteiger partial charge on any atom is 0.152 e. The number of aromatic amines is 1. The first kappa shape index (κ1) is 67.8. The first-order valence-electron chi connectivity index (χ1n) is 26.7. The van der Waals surface area contributed by atoms with Gasteiger partial charge >= 0.3 is 0 Å². The Balaban J connectivity index is 1.13. The summed E-state index contributed by atoms with van der Waals surface area (Å²) in [4.78, 5) is 2.93. The van der Waals surface area contributed by atoms with Gasteiger partial charge in [0.25, 0.3) is 0 Å². The van der Waals surface area contributed by atoms with Crippen LogP contribution in [0.5, 0.6) is 0 Å². The standard InChI is InChI=1S/C61H38F24N8/c62-28-9-38(70)54(39(71)10-28)90(55-40(72)11-29(63)12-41(55)73)5-1-88(2-6-91(56-42(74)13-30(64)14-43(56)75)57-44(76)15-31(65)16-45(57)77)26-36-25-37(87-86-36)27-89(3-7-92(58-46(78)17-32(66)18-47(58)79)59-48(80)19-33(67)20-49(59)81)4-8-93(60-50(82)21-34(68)22-51(60)83)61-52(84)23-35(69)24-53(61)85/h9-25H,1-8,26-27H2,(H,86,87). The summed E-state index contributed by atoms with van der Waals surface area (Å²) in [7, 11) is 0. The Bertz CT molecular complexity index is 3360. The molecule has 1 heterocycles. The highest BCUT2D eigenvalue weighted by atomic mass is 19.2. The van der Waals surface area contributed by atoms with Crippen molar-refractivity contribution >= 4 is 45.5 Å². The summed E-state index contributed by atoms with van der Waals surface area (Å²) >= 11 is 0. The summed E-state index contributed by atoms with van der Waals surface area (Å²) in [5.41, 5.74) is -11.5. The van der Waals surface area contributed by atoms with E-state index in [0.29, 0.717) is 0 Å². The van der Waals surface area contributed by atoms with Crippen molar-refractivity contribution in [3.05, 3.63) is 254 Å². The van der Waals surface area contributed by atoms with Crippen molar-refractivity contribution in [3.63, 3.8) is 0 Å². The van der Waals surface area contributed by atoms with Crippen molar-refractivity contribution in [3.8, 4) is 0 Å². The third-order valence-corrected chi connectivity index (χ3v) is 14.0. The molecule has 1 N–H and O–H groups in total. The van der Waals surface area contributed by atoms with Gasteiger partial charge in [-0.15, -0.1) is 0 Å². The van der Waals surface area contributed by atoms with Gasteiger partial charge in [-0.1, -0.05) is 0 Å². The average molecular weight is 1340 g/mol. The molecule has 0 amide bonds. The second kappa shape index (κ2) is 28.1. The molecule has 0 fully saturated rings. The van der Waals surface area contributed by atoms with Gasteiger partial charge in [-0.2, -0.15) is 5.10 Å². The molecule has 0 radical (unpaired) electrons. The zero-order valence-corrected chi connectivity index (χ0v) is 46.6. The Hall–Kier alpha value is -9.59. The molecule has 8 aromatic carbocycles. The molecular formula is C61H38F24N8. The van der Waals surface area contributed by atoms with Crippen LogP contribution in [-0.4, -0.2) is 72.4 Å². The molecule has 32 heteroatoms. The lowest BCUT2D eigenvalue weighted by Gasteiger charge is -2.32. The highest BCUT2D eigenvalue weighted by Crippen LogP contribution is 2.40. The third kappa shape index (κ3) is 15.2. The van der Waals surface area contributed by atoms with Crippen LogP contribution in [0, 0.1) is 140 Å². The van der Waals surface area contributed by atoms with Crippen LogP contribution in [0.3, 0.4) is 0 Å². The molecule has 0 aliphatic heterocycles. The fraction of sp³-hybridized carbons (Fsp3) is 0.164. The van der Waals surface area contributed by atoms with Gasteiger partial charge in [-0.05, 0) is 6.07 Å². The highest BCUT2D eigenvalue weighted by molar-refractivity contribution is 5.69. The zero-order chi connectivity index (χ0) is 67.6. The molecule has 0 spiro atoms. The Kier molecular flexibility index (Phi) is 20.5. The number of nitrogens with zero attached hydrogens (tertiary/aromatic N) is 7. The quantitative estimate of drug-likeness (QED) is 0.0605. The molecule has 9 rings (SSSR count). The second-order valence-corrected chi connectivity index (χ2v) is 20.3.